The van der Waals surface area contributed by atoms with E-state index in [1.54, 1.807) is 18.3 Å². The van der Waals surface area contributed by atoms with Gasteiger partial charge in [0.15, 0.2) is 0 Å². The van der Waals surface area contributed by atoms with Gasteiger partial charge in [-0.3, -0.25) is 9.78 Å². The van der Waals surface area contributed by atoms with Crippen LogP contribution in [0.25, 0.3) is 0 Å². The summed E-state index contributed by atoms with van der Waals surface area (Å²) in [5.74, 6) is -1.12. The van der Waals surface area contributed by atoms with Gasteiger partial charge in [-0.05, 0) is 36.4 Å². The molecule has 2 N–H and O–H groups in total. The molecule has 1 aliphatic heterocycles. The first-order valence-corrected chi connectivity index (χ1v) is 8.98. The number of halogens is 1. The number of carbonyl (C=O) groups excluding carboxylic acids is 1. The van der Waals surface area contributed by atoms with Gasteiger partial charge >= 0.3 is 0 Å². The Morgan fingerprint density at radius 2 is 2.00 bits per heavy atom. The van der Waals surface area contributed by atoms with Crippen molar-refractivity contribution in [3.05, 3.63) is 54.6 Å². The van der Waals surface area contributed by atoms with Crippen molar-refractivity contribution in [2.24, 2.45) is 0 Å². The summed E-state index contributed by atoms with van der Waals surface area (Å²) in [4.78, 5) is 16.2. The van der Waals surface area contributed by atoms with Crippen LogP contribution in [0, 0.1) is 5.82 Å². The van der Waals surface area contributed by atoms with Gasteiger partial charge in [-0.2, -0.15) is 4.31 Å². The molecule has 1 fully saturated rings. The standard InChI is InChI=1S/C16H16FN3O4S/c17-11-3-5-14(6-4-11)25(23,24)20-10-13(21)8-15(20)16(22)19-12-2-1-7-18-9-12/h1-7,9,13,15,21H,8,10H2,(H,19,22)/t13-,15+/m0/s1. The summed E-state index contributed by atoms with van der Waals surface area (Å²) in [5.41, 5.74) is 0.424. The lowest BCUT2D eigenvalue weighted by Gasteiger charge is -2.23. The molecule has 1 aliphatic rings. The smallest absolute Gasteiger partial charge is 0.243 e. The molecule has 2 aromatic rings. The lowest BCUT2D eigenvalue weighted by atomic mass is 10.2. The third-order valence-corrected chi connectivity index (χ3v) is 5.77. The summed E-state index contributed by atoms with van der Waals surface area (Å²) in [6.45, 7) is -0.204. The number of aliphatic hydroxyl groups excluding tert-OH is 1. The number of aromatic nitrogens is 1. The van der Waals surface area contributed by atoms with Gasteiger partial charge in [0.2, 0.25) is 15.9 Å². The van der Waals surface area contributed by atoms with Gasteiger partial charge in [0.25, 0.3) is 0 Å². The monoisotopic (exact) mass is 365 g/mol. The maximum atomic E-state index is 13.0. The highest BCUT2D eigenvalue weighted by Crippen LogP contribution is 2.27. The second-order valence-corrected chi connectivity index (χ2v) is 7.56. The average Bonchev–Trinajstić information content (AvgIpc) is 2.99. The van der Waals surface area contributed by atoms with Crippen molar-refractivity contribution in [1.82, 2.24) is 9.29 Å². The maximum Gasteiger partial charge on any atom is 0.243 e. The van der Waals surface area contributed by atoms with Crippen molar-refractivity contribution in [3.8, 4) is 0 Å². The lowest BCUT2D eigenvalue weighted by molar-refractivity contribution is -0.119. The third-order valence-electron chi connectivity index (χ3n) is 3.89. The van der Waals surface area contributed by atoms with Gasteiger partial charge < -0.3 is 10.4 Å². The molecule has 1 aromatic carbocycles. The van der Waals surface area contributed by atoms with Crippen molar-refractivity contribution < 1.29 is 22.7 Å². The van der Waals surface area contributed by atoms with Crippen LogP contribution >= 0.6 is 0 Å². The van der Waals surface area contributed by atoms with Gasteiger partial charge in [-0.25, -0.2) is 12.8 Å². The molecule has 1 aromatic heterocycles. The molecule has 1 saturated heterocycles. The van der Waals surface area contributed by atoms with Crippen LogP contribution in [-0.4, -0.2) is 47.4 Å². The Balaban J connectivity index is 1.86. The Morgan fingerprint density at radius 3 is 2.64 bits per heavy atom. The first kappa shape index (κ1) is 17.5. The molecule has 132 valence electrons. The third kappa shape index (κ3) is 3.68. The highest BCUT2D eigenvalue weighted by molar-refractivity contribution is 7.89. The quantitative estimate of drug-likeness (QED) is 0.842. The fourth-order valence-electron chi connectivity index (χ4n) is 2.69. The minimum atomic E-state index is -4.04. The normalized spacial score (nSPS) is 21.2. The van der Waals surface area contributed by atoms with Crippen LogP contribution in [0.1, 0.15) is 6.42 Å². The van der Waals surface area contributed by atoms with E-state index < -0.39 is 33.9 Å². The average molecular weight is 365 g/mol. The molecule has 25 heavy (non-hydrogen) atoms. The molecule has 1 amide bonds. The Bertz CT molecular complexity index is 859. The van der Waals surface area contributed by atoms with Gasteiger partial charge in [0, 0.05) is 19.2 Å². The number of anilines is 1. The molecule has 3 rings (SSSR count). The molecular weight excluding hydrogens is 349 g/mol. The first-order valence-electron chi connectivity index (χ1n) is 7.54. The number of amides is 1. The zero-order chi connectivity index (χ0) is 18.0. The van der Waals surface area contributed by atoms with Crippen molar-refractivity contribution in [3.63, 3.8) is 0 Å². The number of benzene rings is 1. The highest BCUT2D eigenvalue weighted by atomic mass is 32.2. The minimum absolute atomic E-state index is 0.0213. The number of carbonyl (C=O) groups is 1. The number of nitrogens with zero attached hydrogens (tertiary/aromatic N) is 2. The van der Waals surface area contributed by atoms with Crippen LogP contribution in [0.4, 0.5) is 10.1 Å². The van der Waals surface area contributed by atoms with Crippen LogP contribution in [0.2, 0.25) is 0 Å². The Labute approximate surface area is 144 Å². The van der Waals surface area contributed by atoms with Gasteiger partial charge in [0.05, 0.1) is 22.9 Å². The molecule has 0 radical (unpaired) electrons. The second kappa shape index (κ2) is 6.87. The number of β-amino-alcohol motifs (C(OH)–C–C–N with tert-alkyl or cyclic N) is 1. The zero-order valence-corrected chi connectivity index (χ0v) is 13.9. The van der Waals surface area contributed by atoms with Crippen LogP contribution in [-0.2, 0) is 14.8 Å². The molecule has 2 heterocycles. The molecular formula is C16H16FN3O4S. The molecule has 0 spiro atoms. The second-order valence-electron chi connectivity index (χ2n) is 5.66. The van der Waals surface area contributed by atoms with Crippen molar-refractivity contribution >= 4 is 21.6 Å². The van der Waals surface area contributed by atoms with Crippen LogP contribution in [0.5, 0.6) is 0 Å². The summed E-state index contributed by atoms with van der Waals surface area (Å²) < 4.78 is 39.5. The van der Waals surface area contributed by atoms with E-state index in [4.69, 9.17) is 0 Å². The van der Waals surface area contributed by atoms with Crippen LogP contribution in [0.15, 0.2) is 53.7 Å². The highest BCUT2D eigenvalue weighted by Gasteiger charge is 2.43. The topological polar surface area (TPSA) is 99.6 Å². The predicted molar refractivity (Wildman–Crippen MR) is 87.6 cm³/mol. The summed E-state index contributed by atoms with van der Waals surface area (Å²) in [6.07, 6.45) is 1.99. The summed E-state index contributed by atoms with van der Waals surface area (Å²) >= 11 is 0. The molecule has 0 aliphatic carbocycles. The first-order chi connectivity index (χ1) is 11.9. The van der Waals surface area contributed by atoms with E-state index in [9.17, 15) is 22.7 Å². The predicted octanol–water partition coefficient (Wildman–Crippen LogP) is 0.983. The number of pyridine rings is 1. The zero-order valence-electron chi connectivity index (χ0n) is 13.0. The summed E-state index contributed by atoms with van der Waals surface area (Å²) in [7, 11) is -4.04. The number of aliphatic hydroxyl groups is 1. The minimum Gasteiger partial charge on any atom is -0.392 e. The van der Waals surface area contributed by atoms with E-state index in [1.807, 2.05) is 0 Å². The van der Waals surface area contributed by atoms with E-state index >= 15 is 0 Å². The number of hydrogen-bond acceptors (Lipinski definition) is 5. The van der Waals surface area contributed by atoms with Gasteiger partial charge in [-0.15, -0.1) is 0 Å². The largest absolute Gasteiger partial charge is 0.392 e. The fourth-order valence-corrected chi connectivity index (χ4v) is 4.33. The Hall–Kier alpha value is -2.36. The Morgan fingerprint density at radius 1 is 1.28 bits per heavy atom. The number of rotatable bonds is 4. The van der Waals surface area contributed by atoms with E-state index in [0.717, 1.165) is 28.6 Å². The van der Waals surface area contributed by atoms with Gasteiger partial charge in [0.1, 0.15) is 11.9 Å². The maximum absolute atomic E-state index is 13.0. The molecule has 0 saturated carbocycles. The van der Waals surface area contributed by atoms with E-state index in [0.29, 0.717) is 5.69 Å². The number of sulfonamides is 1. The summed E-state index contributed by atoms with van der Waals surface area (Å²) in [6, 6.07) is 6.51. The molecule has 0 bridgehead atoms. The Kier molecular flexibility index (Phi) is 4.80. The number of hydrogen-bond donors (Lipinski definition) is 2. The molecule has 7 nitrogen and oxygen atoms in total. The van der Waals surface area contributed by atoms with Crippen molar-refractivity contribution in [2.45, 2.75) is 23.5 Å². The SMILES string of the molecule is O=C(Nc1cccnc1)[C@H]1C[C@H](O)CN1S(=O)(=O)c1ccc(F)cc1. The number of nitrogens with one attached hydrogen (secondary N) is 1. The van der Waals surface area contributed by atoms with E-state index in [1.165, 1.54) is 6.20 Å². The molecule has 2 atom stereocenters. The molecule has 9 heteroatoms. The molecule has 0 unspecified atom stereocenters. The fraction of sp³-hybridized carbons (Fsp3) is 0.250. The van der Waals surface area contributed by atoms with E-state index in [2.05, 4.69) is 10.3 Å². The van der Waals surface area contributed by atoms with Crippen molar-refractivity contribution in [2.75, 3.05) is 11.9 Å². The van der Waals surface area contributed by atoms with Crippen LogP contribution in [0.3, 0.4) is 0 Å². The van der Waals surface area contributed by atoms with E-state index in [-0.39, 0.29) is 17.9 Å². The van der Waals surface area contributed by atoms with Gasteiger partial charge in [-0.1, -0.05) is 0 Å². The van der Waals surface area contributed by atoms with Crippen molar-refractivity contribution in [1.29, 1.82) is 0 Å². The lowest BCUT2D eigenvalue weighted by Crippen LogP contribution is -2.43. The summed E-state index contributed by atoms with van der Waals surface area (Å²) in [5, 5.41) is 12.5. The van der Waals surface area contributed by atoms with Crippen LogP contribution < -0.4 is 5.32 Å².